The number of aromatic nitrogens is 2. The van der Waals surface area contributed by atoms with Crippen molar-refractivity contribution in [2.45, 2.75) is 32.9 Å². The standard InChI is InChI=1S/C12H18ClN3OS/c1-8(2)12(3,17)7-14-6-9-10(13)15-11-16(9)4-5-18-11/h4-5,8,14,17H,6-7H2,1-3H3. The number of rotatable bonds is 5. The first-order valence-electron chi connectivity index (χ1n) is 5.95. The van der Waals surface area contributed by atoms with Crippen molar-refractivity contribution in [3.8, 4) is 0 Å². The molecule has 0 bridgehead atoms. The number of fused-ring (bicyclic) bond motifs is 1. The number of aliphatic hydroxyl groups is 1. The van der Waals surface area contributed by atoms with Crippen LogP contribution in [-0.2, 0) is 6.54 Å². The van der Waals surface area contributed by atoms with Gasteiger partial charge in [0.25, 0.3) is 0 Å². The van der Waals surface area contributed by atoms with Gasteiger partial charge in [-0.25, -0.2) is 4.98 Å². The molecule has 2 rings (SSSR count). The smallest absolute Gasteiger partial charge is 0.195 e. The first-order valence-corrected chi connectivity index (χ1v) is 7.20. The van der Waals surface area contributed by atoms with E-state index in [1.165, 1.54) is 0 Å². The largest absolute Gasteiger partial charge is 0.389 e. The molecule has 0 fully saturated rings. The summed E-state index contributed by atoms with van der Waals surface area (Å²) in [5, 5.41) is 15.9. The first-order chi connectivity index (χ1) is 8.42. The van der Waals surface area contributed by atoms with Gasteiger partial charge in [-0.15, -0.1) is 11.3 Å². The molecule has 0 amide bonds. The SMILES string of the molecule is CC(C)C(C)(O)CNCc1c(Cl)nc2sccn12. The van der Waals surface area contributed by atoms with Crippen LogP contribution >= 0.6 is 22.9 Å². The van der Waals surface area contributed by atoms with Gasteiger partial charge in [0.05, 0.1) is 11.3 Å². The molecule has 1 unspecified atom stereocenters. The fourth-order valence-corrected chi connectivity index (χ4v) is 2.62. The minimum absolute atomic E-state index is 0.201. The minimum Gasteiger partial charge on any atom is -0.389 e. The van der Waals surface area contributed by atoms with Crippen LogP contribution < -0.4 is 5.32 Å². The van der Waals surface area contributed by atoms with E-state index in [0.717, 1.165) is 10.7 Å². The van der Waals surface area contributed by atoms with Crippen molar-refractivity contribution in [2.75, 3.05) is 6.54 Å². The highest BCUT2D eigenvalue weighted by atomic mass is 35.5. The van der Waals surface area contributed by atoms with Crippen molar-refractivity contribution in [2.24, 2.45) is 5.92 Å². The monoisotopic (exact) mass is 287 g/mol. The second-order valence-electron chi connectivity index (χ2n) is 5.02. The van der Waals surface area contributed by atoms with Gasteiger partial charge in [0.1, 0.15) is 0 Å². The van der Waals surface area contributed by atoms with Crippen LogP contribution in [0.5, 0.6) is 0 Å². The number of hydrogen-bond donors (Lipinski definition) is 2. The van der Waals surface area contributed by atoms with Crippen LogP contribution in [0.15, 0.2) is 11.6 Å². The molecule has 0 aliphatic heterocycles. The average molecular weight is 288 g/mol. The van der Waals surface area contributed by atoms with Gasteiger partial charge in [0.15, 0.2) is 10.1 Å². The predicted molar refractivity (Wildman–Crippen MR) is 75.2 cm³/mol. The Morgan fingerprint density at radius 2 is 2.33 bits per heavy atom. The molecule has 0 saturated carbocycles. The van der Waals surface area contributed by atoms with E-state index in [0.29, 0.717) is 18.2 Å². The zero-order valence-corrected chi connectivity index (χ0v) is 12.3. The highest BCUT2D eigenvalue weighted by Crippen LogP contribution is 2.21. The molecule has 0 aromatic carbocycles. The maximum Gasteiger partial charge on any atom is 0.195 e. The van der Waals surface area contributed by atoms with E-state index in [-0.39, 0.29) is 5.92 Å². The Labute approximate surface area is 116 Å². The molecule has 4 nitrogen and oxygen atoms in total. The third kappa shape index (κ3) is 2.69. The molecule has 0 radical (unpaired) electrons. The zero-order chi connectivity index (χ0) is 13.3. The normalized spacial score (nSPS) is 15.4. The zero-order valence-electron chi connectivity index (χ0n) is 10.8. The van der Waals surface area contributed by atoms with Gasteiger partial charge in [0.2, 0.25) is 0 Å². The van der Waals surface area contributed by atoms with Crippen LogP contribution in [0.1, 0.15) is 26.5 Å². The lowest BCUT2D eigenvalue weighted by Crippen LogP contribution is -2.42. The molecular weight excluding hydrogens is 270 g/mol. The summed E-state index contributed by atoms with van der Waals surface area (Å²) < 4.78 is 1.98. The fraction of sp³-hybridized carbons (Fsp3) is 0.583. The molecule has 0 aliphatic carbocycles. The molecule has 0 spiro atoms. The summed E-state index contributed by atoms with van der Waals surface area (Å²) in [5.41, 5.74) is 0.220. The highest BCUT2D eigenvalue weighted by molar-refractivity contribution is 7.15. The van der Waals surface area contributed by atoms with Crippen LogP contribution in [0.2, 0.25) is 5.15 Å². The van der Waals surface area contributed by atoms with E-state index < -0.39 is 5.60 Å². The van der Waals surface area contributed by atoms with Crippen molar-refractivity contribution < 1.29 is 5.11 Å². The quantitative estimate of drug-likeness (QED) is 0.888. The maximum absolute atomic E-state index is 10.1. The maximum atomic E-state index is 10.1. The predicted octanol–water partition coefficient (Wildman–Crippen LogP) is 2.55. The lowest BCUT2D eigenvalue weighted by Gasteiger charge is -2.27. The van der Waals surface area contributed by atoms with Crippen molar-refractivity contribution >= 4 is 27.9 Å². The molecule has 6 heteroatoms. The van der Waals surface area contributed by atoms with Crippen LogP contribution in [0.25, 0.3) is 4.96 Å². The third-order valence-electron chi connectivity index (χ3n) is 3.33. The van der Waals surface area contributed by atoms with Crippen molar-refractivity contribution in [3.63, 3.8) is 0 Å². The van der Waals surface area contributed by atoms with Crippen LogP contribution in [0, 0.1) is 5.92 Å². The molecule has 2 aromatic rings. The topological polar surface area (TPSA) is 49.6 Å². The number of thiazole rings is 1. The Bertz CT molecular complexity index is 532. The van der Waals surface area contributed by atoms with Crippen LogP contribution in [-0.4, -0.2) is 26.6 Å². The molecule has 18 heavy (non-hydrogen) atoms. The second kappa shape index (κ2) is 5.17. The Kier molecular flexibility index (Phi) is 3.96. The Hall–Kier alpha value is -0.620. The highest BCUT2D eigenvalue weighted by Gasteiger charge is 2.24. The molecule has 1 atom stereocenters. The fourth-order valence-electron chi connectivity index (χ4n) is 1.60. The van der Waals surface area contributed by atoms with Gasteiger partial charge >= 0.3 is 0 Å². The Balaban J connectivity index is 2.02. The number of halogens is 1. The van der Waals surface area contributed by atoms with E-state index in [1.807, 2.05) is 36.7 Å². The molecule has 2 N–H and O–H groups in total. The van der Waals surface area contributed by atoms with Gasteiger partial charge < -0.3 is 10.4 Å². The number of imidazole rings is 1. The Morgan fingerprint density at radius 1 is 1.61 bits per heavy atom. The van der Waals surface area contributed by atoms with Crippen LogP contribution in [0.3, 0.4) is 0 Å². The average Bonchev–Trinajstić information content (AvgIpc) is 2.81. The van der Waals surface area contributed by atoms with Gasteiger partial charge in [-0.1, -0.05) is 25.4 Å². The summed E-state index contributed by atoms with van der Waals surface area (Å²) in [6.07, 6.45) is 1.95. The summed E-state index contributed by atoms with van der Waals surface area (Å²) in [4.78, 5) is 5.16. The number of nitrogens with one attached hydrogen (secondary N) is 1. The summed E-state index contributed by atoms with van der Waals surface area (Å²) in [6, 6.07) is 0. The first kappa shape index (κ1) is 13.8. The van der Waals surface area contributed by atoms with Gasteiger partial charge in [0, 0.05) is 24.7 Å². The lowest BCUT2D eigenvalue weighted by atomic mass is 9.92. The van der Waals surface area contributed by atoms with E-state index >= 15 is 0 Å². The van der Waals surface area contributed by atoms with Gasteiger partial charge in [-0.3, -0.25) is 4.40 Å². The second-order valence-corrected chi connectivity index (χ2v) is 6.25. The van der Waals surface area contributed by atoms with Crippen LogP contribution in [0.4, 0.5) is 0 Å². The van der Waals surface area contributed by atoms with E-state index in [4.69, 9.17) is 11.6 Å². The summed E-state index contributed by atoms with van der Waals surface area (Å²) in [5.74, 6) is 0.201. The molecule has 0 saturated heterocycles. The van der Waals surface area contributed by atoms with E-state index in [1.54, 1.807) is 11.3 Å². The summed E-state index contributed by atoms with van der Waals surface area (Å²) in [7, 11) is 0. The third-order valence-corrected chi connectivity index (χ3v) is 4.39. The van der Waals surface area contributed by atoms with E-state index in [9.17, 15) is 5.11 Å². The van der Waals surface area contributed by atoms with Crippen molar-refractivity contribution in [3.05, 3.63) is 22.4 Å². The van der Waals surface area contributed by atoms with Gasteiger partial charge in [-0.05, 0) is 12.8 Å². The molecule has 2 aromatic heterocycles. The lowest BCUT2D eigenvalue weighted by molar-refractivity contribution is 0.0139. The van der Waals surface area contributed by atoms with Gasteiger partial charge in [-0.2, -0.15) is 0 Å². The minimum atomic E-state index is -0.717. The number of hydrogen-bond acceptors (Lipinski definition) is 4. The van der Waals surface area contributed by atoms with E-state index in [2.05, 4.69) is 10.3 Å². The van der Waals surface area contributed by atoms with Crippen molar-refractivity contribution in [1.29, 1.82) is 0 Å². The molecular formula is C12H18ClN3OS. The summed E-state index contributed by atoms with van der Waals surface area (Å²) in [6.45, 7) is 6.97. The summed E-state index contributed by atoms with van der Waals surface area (Å²) >= 11 is 7.65. The number of nitrogens with zero attached hydrogens (tertiary/aromatic N) is 2. The van der Waals surface area contributed by atoms with Crippen molar-refractivity contribution in [1.82, 2.24) is 14.7 Å². The molecule has 0 aliphatic rings. The molecule has 2 heterocycles. The Morgan fingerprint density at radius 3 is 3.00 bits per heavy atom. The molecule has 100 valence electrons.